The van der Waals surface area contributed by atoms with Gasteiger partial charge in [0.1, 0.15) is 18.7 Å². The van der Waals surface area contributed by atoms with Gasteiger partial charge < -0.3 is 25.8 Å². The van der Waals surface area contributed by atoms with Gasteiger partial charge in [0.25, 0.3) is 0 Å². The quantitative estimate of drug-likeness (QED) is 0.0958. The van der Waals surface area contributed by atoms with E-state index in [1.165, 1.54) is 4.90 Å². The Bertz CT molecular complexity index is 1670. The maximum Gasteiger partial charge on any atom is 0.408 e. The Morgan fingerprint density at radius 3 is 2.13 bits per heavy atom. The zero-order valence-electron chi connectivity index (χ0n) is 32.7. The number of carbonyl (C=O) groups excluding carboxylic acids is 4. The van der Waals surface area contributed by atoms with Gasteiger partial charge in [0, 0.05) is 17.5 Å². The SMILES string of the molecule is CCCC[C@@H](C(=O)N[C@@H](CC(C)C)[C@@H](O)/C=C(\C(=O)NCC(C)C)C(C)C)N(C(=O)[C@H](C)NC(=O)OCc1ccccc1)c1cccc2ccccc12. The first-order valence-corrected chi connectivity index (χ1v) is 19.0. The van der Waals surface area contributed by atoms with Gasteiger partial charge >= 0.3 is 6.09 Å². The molecule has 0 bridgehead atoms. The van der Waals surface area contributed by atoms with Crippen LogP contribution in [-0.4, -0.2) is 59.7 Å². The van der Waals surface area contributed by atoms with Crippen LogP contribution < -0.4 is 20.9 Å². The summed E-state index contributed by atoms with van der Waals surface area (Å²) in [7, 11) is 0. The smallest absolute Gasteiger partial charge is 0.408 e. The molecule has 3 aromatic rings. The first kappa shape index (κ1) is 42.7. The van der Waals surface area contributed by atoms with Gasteiger partial charge in [-0.05, 0) is 60.6 Å². The lowest BCUT2D eigenvalue weighted by molar-refractivity contribution is -0.128. The summed E-state index contributed by atoms with van der Waals surface area (Å²) in [6.07, 6.45) is 1.79. The molecule has 0 radical (unpaired) electrons. The molecule has 0 saturated heterocycles. The van der Waals surface area contributed by atoms with Crippen molar-refractivity contribution in [2.45, 2.75) is 112 Å². The molecule has 4 atom stereocenters. The molecule has 10 nitrogen and oxygen atoms in total. The number of carbonyl (C=O) groups is 4. The van der Waals surface area contributed by atoms with Crippen LogP contribution in [0.25, 0.3) is 10.8 Å². The fourth-order valence-electron chi connectivity index (χ4n) is 6.15. The summed E-state index contributed by atoms with van der Waals surface area (Å²) in [4.78, 5) is 56.7. The molecule has 0 aliphatic carbocycles. The summed E-state index contributed by atoms with van der Waals surface area (Å²) in [6, 6.07) is 19.7. The number of hydrogen-bond donors (Lipinski definition) is 4. The maximum atomic E-state index is 14.6. The Morgan fingerprint density at radius 1 is 0.830 bits per heavy atom. The topological polar surface area (TPSA) is 137 Å². The largest absolute Gasteiger partial charge is 0.445 e. The number of ether oxygens (including phenoxy) is 1. The second-order valence-electron chi connectivity index (χ2n) is 14.9. The van der Waals surface area contributed by atoms with Crippen LogP contribution in [0.1, 0.15) is 86.6 Å². The minimum absolute atomic E-state index is 0.0358. The predicted octanol–water partition coefficient (Wildman–Crippen LogP) is 7.29. The van der Waals surface area contributed by atoms with E-state index in [2.05, 4.69) is 16.0 Å². The number of fused-ring (bicyclic) bond motifs is 1. The molecule has 0 fully saturated rings. The minimum Gasteiger partial charge on any atom is -0.445 e. The molecule has 4 N–H and O–H groups in total. The highest BCUT2D eigenvalue weighted by molar-refractivity contribution is 6.09. The third-order valence-electron chi connectivity index (χ3n) is 9.00. The van der Waals surface area contributed by atoms with Gasteiger partial charge in [-0.25, -0.2) is 4.79 Å². The van der Waals surface area contributed by atoms with Gasteiger partial charge in [0.05, 0.1) is 17.8 Å². The highest BCUT2D eigenvalue weighted by Gasteiger charge is 2.36. The van der Waals surface area contributed by atoms with E-state index >= 15 is 0 Å². The molecular formula is C43H60N4O6. The lowest BCUT2D eigenvalue weighted by atomic mass is 9.93. The Hall–Kier alpha value is -4.70. The van der Waals surface area contributed by atoms with Gasteiger partial charge in [-0.3, -0.25) is 19.3 Å². The first-order valence-electron chi connectivity index (χ1n) is 19.0. The number of nitrogens with zero attached hydrogens (tertiary/aromatic N) is 1. The average molecular weight is 729 g/mol. The number of benzene rings is 3. The van der Waals surface area contributed by atoms with Crippen molar-refractivity contribution >= 4 is 40.3 Å². The van der Waals surface area contributed by atoms with E-state index in [0.717, 1.165) is 22.8 Å². The van der Waals surface area contributed by atoms with Gasteiger partial charge in [-0.15, -0.1) is 0 Å². The Labute approximate surface area is 315 Å². The standard InChI is InChI=1S/C43H60N4O6/c1-9-10-22-38(41(50)46-36(24-28(2)3)39(48)25-35(30(6)7)40(49)44-26-29(4)5)47(37-23-16-20-33-19-14-15-21-34(33)37)42(51)31(8)45-43(52)53-27-32-17-12-11-13-18-32/h11-21,23,25,28-31,36,38-39,48H,9-10,22,24,26-27H2,1-8H3,(H,44,49)(H,45,52)(H,46,50)/b35-25-/t31-,36-,38-,39-/m0/s1. The number of nitrogens with one attached hydrogen (secondary N) is 3. The lowest BCUT2D eigenvalue weighted by Crippen LogP contribution is -2.58. The van der Waals surface area contributed by atoms with Crippen molar-refractivity contribution < 1.29 is 29.0 Å². The van der Waals surface area contributed by atoms with Crippen LogP contribution in [-0.2, 0) is 25.7 Å². The third-order valence-corrected chi connectivity index (χ3v) is 9.00. The first-order chi connectivity index (χ1) is 25.2. The molecule has 0 aromatic heterocycles. The van der Waals surface area contributed by atoms with Crippen molar-refractivity contribution in [2.75, 3.05) is 11.4 Å². The number of aliphatic hydroxyl groups is 1. The normalized spacial score (nSPS) is 14.1. The van der Waals surface area contributed by atoms with Crippen LogP contribution in [0, 0.1) is 17.8 Å². The highest BCUT2D eigenvalue weighted by atomic mass is 16.5. The summed E-state index contributed by atoms with van der Waals surface area (Å²) >= 11 is 0. The fourth-order valence-corrected chi connectivity index (χ4v) is 6.15. The molecule has 53 heavy (non-hydrogen) atoms. The van der Waals surface area contributed by atoms with E-state index in [1.54, 1.807) is 19.1 Å². The molecular weight excluding hydrogens is 668 g/mol. The molecule has 0 heterocycles. The van der Waals surface area contributed by atoms with Crippen molar-refractivity contribution in [3.05, 3.63) is 90.0 Å². The van der Waals surface area contributed by atoms with Crippen molar-refractivity contribution in [3.63, 3.8) is 0 Å². The summed E-state index contributed by atoms with van der Waals surface area (Å²) < 4.78 is 5.42. The van der Waals surface area contributed by atoms with Crippen LogP contribution in [0.4, 0.5) is 10.5 Å². The average Bonchev–Trinajstić information content (AvgIpc) is 3.12. The number of rotatable bonds is 19. The molecule has 0 aliphatic rings. The second kappa shape index (κ2) is 21.1. The summed E-state index contributed by atoms with van der Waals surface area (Å²) in [5.41, 5.74) is 1.77. The molecule has 0 aliphatic heterocycles. The van der Waals surface area contributed by atoms with Gasteiger partial charge in [-0.2, -0.15) is 0 Å². The monoisotopic (exact) mass is 728 g/mol. The zero-order chi connectivity index (χ0) is 39.1. The predicted molar refractivity (Wildman–Crippen MR) is 212 cm³/mol. The maximum absolute atomic E-state index is 14.6. The third kappa shape index (κ3) is 13.0. The van der Waals surface area contributed by atoms with E-state index in [4.69, 9.17) is 4.74 Å². The van der Waals surface area contributed by atoms with E-state index in [-0.39, 0.29) is 30.3 Å². The van der Waals surface area contributed by atoms with Crippen LogP contribution in [0.5, 0.6) is 0 Å². The van der Waals surface area contributed by atoms with Crippen molar-refractivity contribution in [2.24, 2.45) is 17.8 Å². The zero-order valence-corrected chi connectivity index (χ0v) is 32.7. The van der Waals surface area contributed by atoms with E-state index in [0.29, 0.717) is 37.1 Å². The number of anilines is 1. The Balaban J connectivity index is 2.01. The summed E-state index contributed by atoms with van der Waals surface area (Å²) in [5.74, 6) is -0.990. The molecule has 288 valence electrons. The van der Waals surface area contributed by atoms with Crippen molar-refractivity contribution in [1.82, 2.24) is 16.0 Å². The number of aliphatic hydroxyl groups excluding tert-OH is 1. The Kier molecular flexibility index (Phi) is 17.0. The molecule has 4 amide bonds. The summed E-state index contributed by atoms with van der Waals surface area (Å²) in [5, 5.41) is 22.0. The van der Waals surface area contributed by atoms with E-state index in [9.17, 15) is 24.3 Å². The highest BCUT2D eigenvalue weighted by Crippen LogP contribution is 2.31. The number of unbranched alkanes of at least 4 members (excludes halogenated alkanes) is 1. The number of hydrogen-bond acceptors (Lipinski definition) is 6. The van der Waals surface area contributed by atoms with Crippen LogP contribution in [0.2, 0.25) is 0 Å². The van der Waals surface area contributed by atoms with Gasteiger partial charge in [0.2, 0.25) is 17.7 Å². The molecule has 10 heteroatoms. The van der Waals surface area contributed by atoms with Crippen LogP contribution in [0.3, 0.4) is 0 Å². The Morgan fingerprint density at radius 2 is 1.49 bits per heavy atom. The minimum atomic E-state index is -1.17. The molecule has 3 rings (SSSR count). The van der Waals surface area contributed by atoms with Gasteiger partial charge in [0.15, 0.2) is 0 Å². The number of amides is 4. The second-order valence-corrected chi connectivity index (χ2v) is 14.9. The van der Waals surface area contributed by atoms with Crippen LogP contribution in [0.15, 0.2) is 84.4 Å². The molecule has 0 spiro atoms. The molecule has 0 unspecified atom stereocenters. The molecule has 3 aromatic carbocycles. The van der Waals surface area contributed by atoms with Gasteiger partial charge in [-0.1, -0.05) is 128 Å². The van der Waals surface area contributed by atoms with E-state index in [1.807, 2.05) is 115 Å². The lowest BCUT2D eigenvalue weighted by Gasteiger charge is -2.35. The fraction of sp³-hybridized carbons (Fsp3) is 0.488. The van der Waals surface area contributed by atoms with E-state index < -0.39 is 42.1 Å². The van der Waals surface area contributed by atoms with Crippen molar-refractivity contribution in [1.29, 1.82) is 0 Å². The number of alkyl carbamates (subject to hydrolysis) is 1. The van der Waals surface area contributed by atoms with Crippen molar-refractivity contribution in [3.8, 4) is 0 Å². The molecule has 0 saturated carbocycles. The van der Waals surface area contributed by atoms with Crippen LogP contribution >= 0.6 is 0 Å². The summed E-state index contributed by atoms with van der Waals surface area (Å²) in [6.45, 7) is 15.9.